The maximum Gasteiger partial charge on any atom is 0.412 e. The minimum absolute atomic E-state index is 0.0202. The van der Waals surface area contributed by atoms with Gasteiger partial charge in [0, 0.05) is 17.6 Å². The van der Waals surface area contributed by atoms with Crippen LogP contribution in [0.15, 0.2) is 35.3 Å². The summed E-state index contributed by atoms with van der Waals surface area (Å²) in [4.78, 5) is 37.4. The van der Waals surface area contributed by atoms with Gasteiger partial charge in [0.1, 0.15) is 28.6 Å². The number of hydrogen-bond acceptors (Lipinski definition) is 5. The quantitative estimate of drug-likeness (QED) is 0.521. The molecule has 1 heterocycles. The van der Waals surface area contributed by atoms with E-state index in [4.69, 9.17) is 9.47 Å². The van der Waals surface area contributed by atoms with Crippen LogP contribution in [-0.4, -0.2) is 28.8 Å². The zero-order valence-corrected chi connectivity index (χ0v) is 19.2. The number of nitrogens with one attached hydrogen (secondary N) is 1. The molecule has 34 heavy (non-hydrogen) atoms. The first-order valence-corrected chi connectivity index (χ1v) is 10.3. The van der Waals surface area contributed by atoms with Crippen molar-refractivity contribution in [3.63, 3.8) is 0 Å². The van der Waals surface area contributed by atoms with Crippen molar-refractivity contribution >= 4 is 28.7 Å². The topological polar surface area (TPSA) is 86.6 Å². The molecule has 0 saturated heterocycles. The van der Waals surface area contributed by atoms with Gasteiger partial charge in [-0.25, -0.2) is 22.8 Å². The summed E-state index contributed by atoms with van der Waals surface area (Å²) in [6.45, 7) is 7.78. The summed E-state index contributed by atoms with van der Waals surface area (Å²) in [5.74, 6) is -3.82. The molecule has 0 fully saturated rings. The molecule has 2 aromatic carbocycles. The number of esters is 1. The van der Waals surface area contributed by atoms with Crippen LogP contribution in [-0.2, 0) is 9.47 Å². The van der Waals surface area contributed by atoms with Crippen LogP contribution in [0.4, 0.5) is 23.7 Å². The third-order valence-electron chi connectivity index (χ3n) is 4.71. The van der Waals surface area contributed by atoms with Crippen LogP contribution in [0.2, 0.25) is 0 Å². The second-order valence-corrected chi connectivity index (χ2v) is 8.49. The summed E-state index contributed by atoms with van der Waals surface area (Å²) in [6.07, 6.45) is 0.00738. The Kier molecular flexibility index (Phi) is 6.72. The maximum atomic E-state index is 14.9. The highest BCUT2D eigenvalue weighted by atomic mass is 19.1. The monoisotopic (exact) mass is 476 g/mol. The standard InChI is InChI=1S/C24H23F3N2O5/c1-6-33-22(31)14-11-29(19-9-15(25)12(2)7-13(19)21(14)30)20-10-18(16(26)8-17(20)27)28-23(32)34-24(3,4)5/h7-11H,6H2,1-5H3,(H,28,32). The molecule has 0 radical (unpaired) electrons. The predicted octanol–water partition coefficient (Wildman–Crippen LogP) is 5.24. The summed E-state index contributed by atoms with van der Waals surface area (Å²) in [6, 6.07) is 3.70. The molecule has 0 aliphatic rings. The van der Waals surface area contributed by atoms with Gasteiger partial charge in [0.2, 0.25) is 5.43 Å². The fraction of sp³-hybridized carbons (Fsp3) is 0.292. The van der Waals surface area contributed by atoms with E-state index in [0.717, 1.165) is 22.9 Å². The first-order valence-electron chi connectivity index (χ1n) is 10.3. The number of fused-ring (bicyclic) bond motifs is 1. The molecule has 0 spiro atoms. The number of carbonyl (C=O) groups excluding carboxylic acids is 2. The van der Waals surface area contributed by atoms with Gasteiger partial charge in [0.25, 0.3) is 0 Å². The molecule has 0 saturated carbocycles. The molecule has 10 heteroatoms. The molecule has 1 aromatic heterocycles. The molecule has 0 aliphatic heterocycles. The number of ether oxygens (including phenoxy) is 2. The summed E-state index contributed by atoms with van der Waals surface area (Å²) in [5, 5.41) is 2.12. The van der Waals surface area contributed by atoms with E-state index in [-0.39, 0.29) is 28.8 Å². The summed E-state index contributed by atoms with van der Waals surface area (Å²) in [5.41, 5.74) is -2.76. The van der Waals surface area contributed by atoms with E-state index in [2.05, 4.69) is 5.32 Å². The van der Waals surface area contributed by atoms with Gasteiger partial charge < -0.3 is 14.0 Å². The van der Waals surface area contributed by atoms with E-state index in [9.17, 15) is 27.6 Å². The van der Waals surface area contributed by atoms with Crippen molar-refractivity contribution in [3.8, 4) is 5.69 Å². The van der Waals surface area contributed by atoms with Crippen LogP contribution in [0.25, 0.3) is 16.6 Å². The van der Waals surface area contributed by atoms with Gasteiger partial charge in [-0.15, -0.1) is 0 Å². The van der Waals surface area contributed by atoms with Crippen LogP contribution < -0.4 is 10.7 Å². The van der Waals surface area contributed by atoms with E-state index in [1.165, 1.54) is 13.0 Å². The molecular weight excluding hydrogens is 453 g/mol. The second-order valence-electron chi connectivity index (χ2n) is 8.49. The van der Waals surface area contributed by atoms with Crippen molar-refractivity contribution in [2.75, 3.05) is 11.9 Å². The molecule has 0 aliphatic carbocycles. The van der Waals surface area contributed by atoms with Crippen molar-refractivity contribution in [2.24, 2.45) is 0 Å². The van der Waals surface area contributed by atoms with Gasteiger partial charge in [-0.2, -0.15) is 0 Å². The van der Waals surface area contributed by atoms with Crippen LogP contribution in [0.1, 0.15) is 43.6 Å². The van der Waals surface area contributed by atoms with Gasteiger partial charge in [0.05, 0.1) is 23.5 Å². The van der Waals surface area contributed by atoms with Gasteiger partial charge in [-0.1, -0.05) is 0 Å². The summed E-state index contributed by atoms with van der Waals surface area (Å²) >= 11 is 0. The average Bonchev–Trinajstić information content (AvgIpc) is 2.71. The fourth-order valence-corrected chi connectivity index (χ4v) is 3.24. The largest absolute Gasteiger partial charge is 0.462 e. The predicted molar refractivity (Wildman–Crippen MR) is 120 cm³/mol. The lowest BCUT2D eigenvalue weighted by atomic mass is 10.1. The zero-order valence-electron chi connectivity index (χ0n) is 19.2. The van der Waals surface area contributed by atoms with Gasteiger partial charge in [0.15, 0.2) is 0 Å². The van der Waals surface area contributed by atoms with Crippen molar-refractivity contribution in [1.29, 1.82) is 0 Å². The Morgan fingerprint density at radius 3 is 2.32 bits per heavy atom. The van der Waals surface area contributed by atoms with Crippen LogP contribution in [0.5, 0.6) is 0 Å². The number of aromatic nitrogens is 1. The number of rotatable bonds is 4. The van der Waals surface area contributed by atoms with Crippen molar-refractivity contribution < 1.29 is 32.2 Å². The fourth-order valence-electron chi connectivity index (χ4n) is 3.24. The third-order valence-corrected chi connectivity index (χ3v) is 4.71. The maximum absolute atomic E-state index is 14.9. The first kappa shape index (κ1) is 24.8. The van der Waals surface area contributed by atoms with Crippen LogP contribution in [0.3, 0.4) is 0 Å². The Labute approximate surface area is 193 Å². The average molecular weight is 476 g/mol. The number of halogens is 3. The highest BCUT2D eigenvalue weighted by Gasteiger charge is 2.22. The molecule has 7 nitrogen and oxygen atoms in total. The summed E-state index contributed by atoms with van der Waals surface area (Å²) < 4.78 is 54.8. The Hall–Kier alpha value is -3.82. The minimum atomic E-state index is -1.09. The molecule has 0 unspecified atom stereocenters. The SMILES string of the molecule is CCOC(=O)c1cn(-c2cc(NC(=O)OC(C)(C)C)c(F)cc2F)c2cc(F)c(C)cc2c1=O. The van der Waals surface area contributed by atoms with Gasteiger partial charge in [-0.05, 0) is 58.4 Å². The highest BCUT2D eigenvalue weighted by Crippen LogP contribution is 2.27. The number of pyridine rings is 1. The van der Waals surface area contributed by atoms with Crippen LogP contribution >= 0.6 is 0 Å². The molecular formula is C24H23F3N2O5. The van der Waals surface area contributed by atoms with E-state index in [1.54, 1.807) is 27.7 Å². The lowest BCUT2D eigenvalue weighted by Gasteiger charge is -2.20. The molecule has 1 N–H and O–H groups in total. The molecule has 3 aromatic rings. The lowest BCUT2D eigenvalue weighted by molar-refractivity contribution is 0.0523. The molecule has 3 rings (SSSR count). The van der Waals surface area contributed by atoms with Crippen molar-refractivity contribution in [3.05, 3.63) is 69.3 Å². The van der Waals surface area contributed by atoms with E-state index >= 15 is 0 Å². The van der Waals surface area contributed by atoms with E-state index in [0.29, 0.717) is 6.07 Å². The lowest BCUT2D eigenvalue weighted by Crippen LogP contribution is -2.27. The number of benzene rings is 2. The number of aryl methyl sites for hydroxylation is 1. The second kappa shape index (κ2) is 9.20. The minimum Gasteiger partial charge on any atom is -0.462 e. The number of carbonyl (C=O) groups is 2. The third kappa shape index (κ3) is 5.05. The number of nitrogens with zero attached hydrogens (tertiary/aromatic N) is 1. The van der Waals surface area contributed by atoms with E-state index < -0.39 is 51.8 Å². The molecule has 0 atom stereocenters. The number of anilines is 1. The number of hydrogen-bond donors (Lipinski definition) is 1. The van der Waals surface area contributed by atoms with Crippen LogP contribution in [0, 0.1) is 24.4 Å². The Morgan fingerprint density at radius 2 is 1.71 bits per heavy atom. The van der Waals surface area contributed by atoms with E-state index in [1.807, 2.05) is 0 Å². The Balaban J connectivity index is 2.27. The summed E-state index contributed by atoms with van der Waals surface area (Å²) in [7, 11) is 0. The Morgan fingerprint density at radius 1 is 1.03 bits per heavy atom. The van der Waals surface area contributed by atoms with Crippen molar-refractivity contribution in [2.45, 2.75) is 40.2 Å². The zero-order chi connectivity index (χ0) is 25.4. The molecule has 180 valence electrons. The van der Waals surface area contributed by atoms with Gasteiger partial charge in [-0.3, -0.25) is 10.1 Å². The van der Waals surface area contributed by atoms with Gasteiger partial charge >= 0.3 is 12.1 Å². The first-order chi connectivity index (χ1) is 15.8. The van der Waals surface area contributed by atoms with Crippen molar-refractivity contribution in [1.82, 2.24) is 4.57 Å². The molecule has 1 amide bonds. The normalized spacial score (nSPS) is 11.4. The highest BCUT2D eigenvalue weighted by molar-refractivity contribution is 5.94. The number of amides is 1. The smallest absolute Gasteiger partial charge is 0.412 e. The Bertz CT molecular complexity index is 1360. The molecule has 0 bridgehead atoms.